The second-order valence-electron chi connectivity index (χ2n) is 3.34. The lowest BCUT2D eigenvalue weighted by molar-refractivity contribution is 0.587. The summed E-state index contributed by atoms with van der Waals surface area (Å²) in [6, 6.07) is 2.00. The molecule has 0 fully saturated rings. The van der Waals surface area contributed by atoms with Crippen LogP contribution in [0.25, 0.3) is 0 Å². The fraction of sp³-hybridized carbons (Fsp3) is 0.444. The molecule has 2 N–H and O–H groups in total. The highest BCUT2D eigenvalue weighted by Gasteiger charge is 2.07. The van der Waals surface area contributed by atoms with Crippen molar-refractivity contribution < 1.29 is 5.02 Å². The lowest BCUT2D eigenvalue weighted by atomic mass is 9.88. The Morgan fingerprint density at radius 3 is 2.46 bits per heavy atom. The van der Waals surface area contributed by atoms with Crippen LogP contribution in [0.15, 0.2) is 6.07 Å². The number of hydrogen-bond donors (Lipinski definition) is 2. The average molecular weight is 178 g/mol. The van der Waals surface area contributed by atoms with Gasteiger partial charge in [0, 0.05) is 11.4 Å². The molecule has 1 aromatic rings. The molecule has 0 spiro atoms. The Balaban J connectivity index is 3.01. The maximum atomic E-state index is 9.15. The molecule has 0 atom stereocenters. The van der Waals surface area contributed by atoms with Gasteiger partial charge >= 0.3 is 7.05 Å². The first-order valence-corrected chi connectivity index (χ1v) is 4.40. The summed E-state index contributed by atoms with van der Waals surface area (Å²) >= 11 is 0. The number of anilines is 1. The van der Waals surface area contributed by atoms with Gasteiger partial charge in [0.1, 0.15) is 0 Å². The maximum absolute atomic E-state index is 9.15. The van der Waals surface area contributed by atoms with Gasteiger partial charge < -0.3 is 10.3 Å². The van der Waals surface area contributed by atoms with E-state index < -0.39 is 7.05 Å². The standard InChI is InChI=1S/C9H15BN2O/c1-6-5-9(12-10(4)13)8(3)11-7(6)2/h5,12-13H,1-4H3. The molecule has 0 aliphatic carbocycles. The summed E-state index contributed by atoms with van der Waals surface area (Å²) in [6.45, 7) is 7.61. The van der Waals surface area contributed by atoms with Gasteiger partial charge in [0.15, 0.2) is 0 Å². The third kappa shape index (κ3) is 2.46. The fourth-order valence-corrected chi connectivity index (χ4v) is 1.20. The number of nitrogens with zero attached hydrogens (tertiary/aromatic N) is 1. The third-order valence-electron chi connectivity index (χ3n) is 2.02. The quantitative estimate of drug-likeness (QED) is 0.675. The van der Waals surface area contributed by atoms with Crippen LogP contribution in [-0.4, -0.2) is 17.1 Å². The average Bonchev–Trinajstić information content (AvgIpc) is 1.99. The normalized spacial score (nSPS) is 9.92. The van der Waals surface area contributed by atoms with E-state index in [1.807, 2.05) is 26.8 Å². The number of aryl methyl sites for hydroxylation is 3. The van der Waals surface area contributed by atoms with Crippen molar-refractivity contribution in [3.05, 3.63) is 23.0 Å². The van der Waals surface area contributed by atoms with Crippen LogP contribution in [0.5, 0.6) is 0 Å². The van der Waals surface area contributed by atoms with E-state index in [-0.39, 0.29) is 0 Å². The molecule has 1 rings (SSSR count). The largest absolute Gasteiger partial charge is 0.433 e. The molecular formula is C9H15BN2O. The summed E-state index contributed by atoms with van der Waals surface area (Å²) in [4.78, 5) is 4.35. The van der Waals surface area contributed by atoms with Gasteiger partial charge in [-0.15, -0.1) is 0 Å². The van der Waals surface area contributed by atoms with Crippen LogP contribution >= 0.6 is 0 Å². The first-order chi connectivity index (χ1) is 6.00. The summed E-state index contributed by atoms with van der Waals surface area (Å²) in [5, 5.41) is 12.1. The Morgan fingerprint density at radius 1 is 1.31 bits per heavy atom. The summed E-state index contributed by atoms with van der Waals surface area (Å²) < 4.78 is 0. The van der Waals surface area contributed by atoms with Crippen molar-refractivity contribution in [2.45, 2.75) is 27.6 Å². The predicted molar refractivity (Wildman–Crippen MR) is 55.9 cm³/mol. The molecule has 1 aromatic heterocycles. The van der Waals surface area contributed by atoms with E-state index in [1.54, 1.807) is 6.82 Å². The molecule has 0 aromatic carbocycles. The SMILES string of the molecule is CB(O)Nc1cc(C)c(C)nc1C. The predicted octanol–water partition coefficient (Wildman–Crippen LogP) is 1.53. The van der Waals surface area contributed by atoms with Crippen molar-refractivity contribution in [1.82, 2.24) is 4.98 Å². The molecule has 0 aliphatic heterocycles. The Bertz CT molecular complexity index is 313. The van der Waals surface area contributed by atoms with E-state index in [4.69, 9.17) is 5.02 Å². The summed E-state index contributed by atoms with van der Waals surface area (Å²) in [5.41, 5.74) is 3.99. The van der Waals surface area contributed by atoms with E-state index >= 15 is 0 Å². The van der Waals surface area contributed by atoms with E-state index in [9.17, 15) is 0 Å². The highest BCUT2D eigenvalue weighted by atomic mass is 16.2. The molecule has 1 heterocycles. The van der Waals surface area contributed by atoms with Crippen molar-refractivity contribution in [3.8, 4) is 0 Å². The monoisotopic (exact) mass is 178 g/mol. The lowest BCUT2D eigenvalue weighted by Gasteiger charge is -2.11. The number of rotatable bonds is 2. The molecule has 0 radical (unpaired) electrons. The van der Waals surface area contributed by atoms with Crippen molar-refractivity contribution in [2.24, 2.45) is 0 Å². The maximum Gasteiger partial charge on any atom is 0.406 e. The molecule has 0 saturated heterocycles. The van der Waals surface area contributed by atoms with Crippen LogP contribution in [0.1, 0.15) is 17.0 Å². The topological polar surface area (TPSA) is 45.1 Å². The zero-order valence-electron chi connectivity index (χ0n) is 8.55. The second kappa shape index (κ2) is 3.79. The molecule has 0 saturated carbocycles. The minimum Gasteiger partial charge on any atom is -0.433 e. The van der Waals surface area contributed by atoms with Gasteiger partial charge in [-0.05, 0) is 39.2 Å². The zero-order chi connectivity index (χ0) is 10.0. The van der Waals surface area contributed by atoms with Crippen LogP contribution in [0.2, 0.25) is 6.82 Å². The first-order valence-electron chi connectivity index (χ1n) is 4.40. The molecule has 0 aliphatic rings. The van der Waals surface area contributed by atoms with Crippen molar-refractivity contribution >= 4 is 12.7 Å². The van der Waals surface area contributed by atoms with Gasteiger partial charge in [-0.1, -0.05) is 0 Å². The molecule has 3 nitrogen and oxygen atoms in total. The fourth-order valence-electron chi connectivity index (χ4n) is 1.20. The van der Waals surface area contributed by atoms with E-state index in [1.165, 1.54) is 0 Å². The van der Waals surface area contributed by atoms with Crippen molar-refractivity contribution in [2.75, 3.05) is 5.23 Å². The molecule has 13 heavy (non-hydrogen) atoms. The van der Waals surface area contributed by atoms with Crippen LogP contribution in [-0.2, 0) is 0 Å². The summed E-state index contributed by atoms with van der Waals surface area (Å²) in [5.74, 6) is 0. The molecule has 4 heteroatoms. The molecular weight excluding hydrogens is 163 g/mol. The molecule has 0 unspecified atom stereocenters. The van der Waals surface area contributed by atoms with Crippen LogP contribution < -0.4 is 5.23 Å². The Kier molecular flexibility index (Phi) is 2.93. The number of nitrogens with one attached hydrogen (secondary N) is 1. The molecule has 0 amide bonds. The smallest absolute Gasteiger partial charge is 0.406 e. The van der Waals surface area contributed by atoms with Crippen molar-refractivity contribution in [3.63, 3.8) is 0 Å². The summed E-state index contributed by atoms with van der Waals surface area (Å²) in [7, 11) is -0.539. The Labute approximate surface area is 79.3 Å². The highest BCUT2D eigenvalue weighted by Crippen LogP contribution is 2.16. The van der Waals surface area contributed by atoms with Gasteiger partial charge in [-0.25, -0.2) is 0 Å². The third-order valence-corrected chi connectivity index (χ3v) is 2.02. The Hall–Kier alpha value is -1.03. The zero-order valence-corrected chi connectivity index (χ0v) is 8.55. The van der Waals surface area contributed by atoms with Gasteiger partial charge in [0.05, 0.1) is 5.69 Å². The van der Waals surface area contributed by atoms with Gasteiger partial charge in [-0.2, -0.15) is 0 Å². The lowest BCUT2D eigenvalue weighted by Crippen LogP contribution is -2.20. The van der Waals surface area contributed by atoms with Crippen molar-refractivity contribution in [1.29, 1.82) is 0 Å². The van der Waals surface area contributed by atoms with E-state index in [0.29, 0.717) is 0 Å². The molecule has 70 valence electrons. The minimum atomic E-state index is -0.539. The van der Waals surface area contributed by atoms with Crippen LogP contribution in [0.4, 0.5) is 5.69 Å². The van der Waals surface area contributed by atoms with Crippen LogP contribution in [0.3, 0.4) is 0 Å². The molecule has 0 bridgehead atoms. The minimum absolute atomic E-state index is 0.539. The van der Waals surface area contributed by atoms with Gasteiger partial charge in [-0.3, -0.25) is 4.98 Å². The number of hydrogen-bond acceptors (Lipinski definition) is 3. The van der Waals surface area contributed by atoms with Gasteiger partial charge in [0.2, 0.25) is 0 Å². The van der Waals surface area contributed by atoms with E-state index in [2.05, 4.69) is 10.2 Å². The highest BCUT2D eigenvalue weighted by molar-refractivity contribution is 6.52. The van der Waals surface area contributed by atoms with Crippen LogP contribution in [0, 0.1) is 20.8 Å². The first kappa shape index (κ1) is 10.1. The van der Waals surface area contributed by atoms with Gasteiger partial charge in [0.25, 0.3) is 0 Å². The number of pyridine rings is 1. The number of aromatic nitrogens is 1. The van der Waals surface area contributed by atoms with E-state index in [0.717, 1.165) is 22.6 Å². The second-order valence-corrected chi connectivity index (χ2v) is 3.34. The summed E-state index contributed by atoms with van der Waals surface area (Å²) in [6.07, 6.45) is 0. The Morgan fingerprint density at radius 2 is 1.92 bits per heavy atom.